The topological polar surface area (TPSA) is 30.5 Å². The molecule has 4 heteroatoms. The van der Waals surface area contributed by atoms with E-state index in [1.54, 1.807) is 7.11 Å². The number of methoxy groups -OCH3 is 1. The Kier molecular flexibility index (Phi) is 7.32. The molecule has 0 aliphatic rings. The zero-order valence-corrected chi connectivity index (χ0v) is 12.9. The van der Waals surface area contributed by atoms with E-state index in [1.165, 1.54) is 5.56 Å². The second-order valence-electron chi connectivity index (χ2n) is 4.48. The molecule has 1 rings (SSSR count). The molecule has 18 heavy (non-hydrogen) atoms. The first kappa shape index (κ1) is 15.5. The van der Waals surface area contributed by atoms with Gasteiger partial charge in [0, 0.05) is 37.2 Å². The van der Waals surface area contributed by atoms with Gasteiger partial charge in [0.2, 0.25) is 0 Å². The lowest BCUT2D eigenvalue weighted by molar-refractivity contribution is 0.172. The van der Waals surface area contributed by atoms with Gasteiger partial charge in [0.15, 0.2) is 0 Å². The number of hydrogen-bond acceptors (Lipinski definition) is 3. The van der Waals surface area contributed by atoms with E-state index in [-0.39, 0.29) is 0 Å². The molecule has 1 aromatic carbocycles. The van der Waals surface area contributed by atoms with E-state index in [2.05, 4.69) is 41.2 Å². The Hall–Kier alpha value is -0.580. The molecular weight excluding hydrogens is 294 g/mol. The van der Waals surface area contributed by atoms with Crippen molar-refractivity contribution in [1.82, 2.24) is 5.32 Å². The van der Waals surface area contributed by atoms with Crippen LogP contribution >= 0.6 is 15.9 Å². The first-order valence-corrected chi connectivity index (χ1v) is 7.06. The highest BCUT2D eigenvalue weighted by molar-refractivity contribution is 9.10. The lowest BCUT2D eigenvalue weighted by atomic mass is 10.2. The highest BCUT2D eigenvalue weighted by Gasteiger charge is 2.03. The molecule has 0 atom stereocenters. The second-order valence-corrected chi connectivity index (χ2v) is 5.34. The molecule has 0 bridgehead atoms. The Morgan fingerprint density at radius 3 is 2.72 bits per heavy atom. The molecule has 0 aromatic heterocycles. The molecule has 1 N–H and O–H groups in total. The average molecular weight is 316 g/mol. The Bertz CT molecular complexity index is 356. The standard InChI is InChI=1S/C14H22BrNO2/c1-11(2)16-10-12-9-13(5-6-14(12)15)18-8-4-7-17-3/h5-6,9,11,16H,4,7-8,10H2,1-3H3. The minimum absolute atomic E-state index is 0.475. The lowest BCUT2D eigenvalue weighted by Gasteiger charge is -2.12. The largest absolute Gasteiger partial charge is 0.493 e. The minimum Gasteiger partial charge on any atom is -0.493 e. The van der Waals surface area contributed by atoms with Crippen LogP contribution in [0.4, 0.5) is 0 Å². The molecule has 0 radical (unpaired) electrons. The zero-order chi connectivity index (χ0) is 13.4. The van der Waals surface area contributed by atoms with Crippen LogP contribution in [0.2, 0.25) is 0 Å². The number of halogens is 1. The molecule has 0 heterocycles. The van der Waals surface area contributed by atoms with Crippen LogP contribution < -0.4 is 10.1 Å². The summed E-state index contributed by atoms with van der Waals surface area (Å²) in [6.07, 6.45) is 0.909. The third-order valence-electron chi connectivity index (χ3n) is 2.48. The van der Waals surface area contributed by atoms with Crippen LogP contribution in [-0.4, -0.2) is 26.4 Å². The van der Waals surface area contributed by atoms with Crippen molar-refractivity contribution in [3.8, 4) is 5.75 Å². The SMILES string of the molecule is COCCCOc1ccc(Br)c(CNC(C)C)c1. The van der Waals surface area contributed by atoms with E-state index in [4.69, 9.17) is 9.47 Å². The van der Waals surface area contributed by atoms with Crippen molar-refractivity contribution in [1.29, 1.82) is 0 Å². The molecule has 102 valence electrons. The van der Waals surface area contributed by atoms with Gasteiger partial charge in [-0.25, -0.2) is 0 Å². The molecule has 0 spiro atoms. The van der Waals surface area contributed by atoms with Crippen LogP contribution in [0.25, 0.3) is 0 Å². The highest BCUT2D eigenvalue weighted by Crippen LogP contribution is 2.22. The number of hydrogen-bond donors (Lipinski definition) is 1. The fourth-order valence-electron chi connectivity index (χ4n) is 1.48. The van der Waals surface area contributed by atoms with Crippen molar-refractivity contribution in [2.75, 3.05) is 20.3 Å². The highest BCUT2D eigenvalue weighted by atomic mass is 79.9. The van der Waals surface area contributed by atoms with Crippen LogP contribution in [0.5, 0.6) is 5.75 Å². The summed E-state index contributed by atoms with van der Waals surface area (Å²) in [7, 11) is 1.70. The fourth-order valence-corrected chi connectivity index (χ4v) is 1.87. The predicted octanol–water partition coefficient (Wildman–Crippen LogP) is 3.36. The predicted molar refractivity (Wildman–Crippen MR) is 78.1 cm³/mol. The Morgan fingerprint density at radius 2 is 2.06 bits per heavy atom. The van der Waals surface area contributed by atoms with Crippen molar-refractivity contribution in [2.45, 2.75) is 32.9 Å². The number of ether oxygens (including phenoxy) is 2. The van der Waals surface area contributed by atoms with Crippen LogP contribution in [-0.2, 0) is 11.3 Å². The molecule has 0 saturated heterocycles. The maximum absolute atomic E-state index is 5.68. The molecule has 0 aliphatic heterocycles. The molecule has 0 amide bonds. The third kappa shape index (κ3) is 5.85. The first-order valence-electron chi connectivity index (χ1n) is 6.27. The summed E-state index contributed by atoms with van der Waals surface area (Å²) in [5, 5.41) is 3.40. The van der Waals surface area contributed by atoms with E-state index in [9.17, 15) is 0 Å². The van der Waals surface area contributed by atoms with Gasteiger partial charge in [0.25, 0.3) is 0 Å². The Morgan fingerprint density at radius 1 is 1.28 bits per heavy atom. The van der Waals surface area contributed by atoms with Gasteiger partial charge < -0.3 is 14.8 Å². The summed E-state index contributed by atoms with van der Waals surface area (Å²) in [5.74, 6) is 0.912. The van der Waals surface area contributed by atoms with Crippen LogP contribution in [0, 0.1) is 0 Å². The molecule has 3 nitrogen and oxygen atoms in total. The minimum atomic E-state index is 0.475. The Labute approximate surface area is 118 Å². The quantitative estimate of drug-likeness (QED) is 0.746. The zero-order valence-electron chi connectivity index (χ0n) is 11.3. The van der Waals surface area contributed by atoms with Crippen LogP contribution in [0.15, 0.2) is 22.7 Å². The van der Waals surface area contributed by atoms with E-state index in [1.807, 2.05) is 12.1 Å². The maximum Gasteiger partial charge on any atom is 0.119 e. The van der Waals surface area contributed by atoms with E-state index in [0.29, 0.717) is 12.6 Å². The number of rotatable bonds is 8. The summed E-state index contributed by atoms with van der Waals surface area (Å²) in [6.45, 7) is 6.54. The van der Waals surface area contributed by atoms with Crippen LogP contribution in [0.1, 0.15) is 25.8 Å². The maximum atomic E-state index is 5.68. The first-order chi connectivity index (χ1) is 8.63. The summed E-state index contributed by atoms with van der Waals surface area (Å²) in [5.41, 5.74) is 1.22. The van der Waals surface area contributed by atoms with Gasteiger partial charge in [-0.3, -0.25) is 0 Å². The van der Waals surface area contributed by atoms with E-state index < -0.39 is 0 Å². The van der Waals surface area contributed by atoms with Crippen molar-refractivity contribution >= 4 is 15.9 Å². The van der Waals surface area contributed by atoms with Crippen molar-refractivity contribution in [3.63, 3.8) is 0 Å². The van der Waals surface area contributed by atoms with Gasteiger partial charge >= 0.3 is 0 Å². The normalized spacial score (nSPS) is 10.9. The molecule has 0 unspecified atom stereocenters. The van der Waals surface area contributed by atoms with Crippen LogP contribution in [0.3, 0.4) is 0 Å². The summed E-state index contributed by atoms with van der Waals surface area (Å²) < 4.78 is 11.8. The van der Waals surface area contributed by atoms with Gasteiger partial charge in [-0.1, -0.05) is 29.8 Å². The molecule has 0 fully saturated rings. The molecule has 0 aliphatic carbocycles. The van der Waals surface area contributed by atoms with E-state index >= 15 is 0 Å². The van der Waals surface area contributed by atoms with Crippen molar-refractivity contribution in [2.24, 2.45) is 0 Å². The van der Waals surface area contributed by atoms with Gasteiger partial charge in [-0.2, -0.15) is 0 Å². The molecular formula is C14H22BrNO2. The average Bonchev–Trinajstić information content (AvgIpc) is 2.34. The van der Waals surface area contributed by atoms with E-state index in [0.717, 1.165) is 29.8 Å². The lowest BCUT2D eigenvalue weighted by Crippen LogP contribution is -2.22. The number of nitrogens with one attached hydrogen (secondary N) is 1. The summed E-state index contributed by atoms with van der Waals surface area (Å²) in [6, 6.07) is 6.56. The third-order valence-corrected chi connectivity index (χ3v) is 3.25. The van der Waals surface area contributed by atoms with Crippen molar-refractivity contribution in [3.05, 3.63) is 28.2 Å². The Balaban J connectivity index is 2.51. The van der Waals surface area contributed by atoms with Crippen molar-refractivity contribution < 1.29 is 9.47 Å². The summed E-state index contributed by atoms with van der Waals surface area (Å²) in [4.78, 5) is 0. The van der Waals surface area contributed by atoms with Gasteiger partial charge in [0.05, 0.1) is 6.61 Å². The number of benzene rings is 1. The fraction of sp³-hybridized carbons (Fsp3) is 0.571. The van der Waals surface area contributed by atoms with Gasteiger partial charge in [-0.05, 0) is 23.8 Å². The second kappa shape index (κ2) is 8.51. The molecule has 0 saturated carbocycles. The van der Waals surface area contributed by atoms with Gasteiger partial charge in [-0.15, -0.1) is 0 Å². The molecule has 1 aromatic rings. The summed E-state index contributed by atoms with van der Waals surface area (Å²) >= 11 is 3.56. The smallest absolute Gasteiger partial charge is 0.119 e. The monoisotopic (exact) mass is 315 g/mol. The van der Waals surface area contributed by atoms with Gasteiger partial charge in [0.1, 0.15) is 5.75 Å².